The van der Waals surface area contributed by atoms with E-state index in [1.165, 1.54) is 19.3 Å². The van der Waals surface area contributed by atoms with Gasteiger partial charge < -0.3 is 5.11 Å². The number of rotatable bonds is 0. The summed E-state index contributed by atoms with van der Waals surface area (Å²) in [6.07, 6.45) is 5.44. The summed E-state index contributed by atoms with van der Waals surface area (Å²) in [5.74, 6) is 3.63. The Labute approximate surface area is 61.4 Å². The molecule has 3 aliphatic rings. The zero-order valence-electron chi connectivity index (χ0n) is 6.16. The standard InChI is InChI=1S/C9H14O/c10-9-4-6-1-5(6)2-7-3-8(7)9/h5-10H,1-4H2/t5-,6+,7-,8+,9-/m1/s1. The van der Waals surface area contributed by atoms with Crippen molar-refractivity contribution in [1.82, 2.24) is 0 Å². The fourth-order valence-electron chi connectivity index (χ4n) is 2.77. The molecule has 1 nitrogen and oxygen atoms in total. The van der Waals surface area contributed by atoms with Crippen LogP contribution in [0.2, 0.25) is 0 Å². The molecule has 0 spiro atoms. The molecule has 0 aromatic heterocycles. The van der Waals surface area contributed by atoms with E-state index in [1.807, 2.05) is 0 Å². The summed E-state index contributed by atoms with van der Waals surface area (Å²) in [5, 5.41) is 9.60. The molecule has 56 valence electrons. The van der Waals surface area contributed by atoms with Gasteiger partial charge in [-0.25, -0.2) is 0 Å². The lowest BCUT2D eigenvalue weighted by molar-refractivity contribution is 0.133. The van der Waals surface area contributed by atoms with Crippen molar-refractivity contribution in [3.63, 3.8) is 0 Å². The lowest BCUT2D eigenvalue weighted by atomic mass is 10.1. The molecule has 1 N–H and O–H groups in total. The van der Waals surface area contributed by atoms with Crippen LogP contribution in [0, 0.1) is 23.7 Å². The van der Waals surface area contributed by atoms with Crippen molar-refractivity contribution in [3.8, 4) is 0 Å². The third-order valence-electron chi connectivity index (χ3n) is 3.69. The molecule has 0 aliphatic heterocycles. The molecule has 0 aromatic rings. The van der Waals surface area contributed by atoms with Crippen molar-refractivity contribution in [2.45, 2.75) is 31.8 Å². The second-order valence-electron chi connectivity index (χ2n) is 4.45. The number of fused-ring (bicyclic) bond motifs is 2. The highest BCUT2D eigenvalue weighted by atomic mass is 16.3. The van der Waals surface area contributed by atoms with Crippen LogP contribution in [0.5, 0.6) is 0 Å². The first-order valence-electron chi connectivity index (χ1n) is 4.52. The van der Waals surface area contributed by atoms with Gasteiger partial charge in [-0.1, -0.05) is 0 Å². The summed E-state index contributed by atoms with van der Waals surface area (Å²) >= 11 is 0. The second-order valence-corrected chi connectivity index (χ2v) is 4.45. The van der Waals surface area contributed by atoms with E-state index in [9.17, 15) is 5.11 Å². The minimum absolute atomic E-state index is 0.0856. The molecule has 0 radical (unpaired) electrons. The maximum Gasteiger partial charge on any atom is 0.0573 e. The molecule has 0 bridgehead atoms. The molecule has 3 aliphatic carbocycles. The van der Waals surface area contributed by atoms with E-state index in [0.717, 1.165) is 30.1 Å². The van der Waals surface area contributed by atoms with Gasteiger partial charge in [0.1, 0.15) is 0 Å². The topological polar surface area (TPSA) is 20.2 Å². The van der Waals surface area contributed by atoms with E-state index in [1.54, 1.807) is 0 Å². The van der Waals surface area contributed by atoms with Gasteiger partial charge >= 0.3 is 0 Å². The van der Waals surface area contributed by atoms with Gasteiger partial charge in [0.25, 0.3) is 0 Å². The second kappa shape index (κ2) is 1.58. The minimum Gasteiger partial charge on any atom is -0.393 e. The smallest absolute Gasteiger partial charge is 0.0573 e. The number of hydrogen-bond acceptors (Lipinski definition) is 1. The van der Waals surface area contributed by atoms with Crippen LogP contribution < -0.4 is 0 Å². The molecule has 5 atom stereocenters. The van der Waals surface area contributed by atoms with E-state index < -0.39 is 0 Å². The highest BCUT2D eigenvalue weighted by molar-refractivity contribution is 5.03. The van der Waals surface area contributed by atoms with E-state index in [2.05, 4.69) is 0 Å². The number of aliphatic hydroxyl groups is 1. The monoisotopic (exact) mass is 138 g/mol. The zero-order chi connectivity index (χ0) is 6.72. The Morgan fingerprint density at radius 3 is 2.40 bits per heavy atom. The Morgan fingerprint density at radius 2 is 1.50 bits per heavy atom. The first-order chi connectivity index (χ1) is 4.84. The Morgan fingerprint density at radius 1 is 0.800 bits per heavy atom. The molecule has 0 unspecified atom stereocenters. The van der Waals surface area contributed by atoms with Crippen LogP contribution in [-0.4, -0.2) is 11.2 Å². The summed E-state index contributed by atoms with van der Waals surface area (Å²) in [7, 11) is 0. The van der Waals surface area contributed by atoms with Crippen molar-refractivity contribution in [2.75, 3.05) is 0 Å². The molecule has 0 aromatic carbocycles. The first kappa shape index (κ1) is 5.59. The predicted octanol–water partition coefficient (Wildman–Crippen LogP) is 1.41. The summed E-state index contributed by atoms with van der Waals surface area (Å²) in [5.41, 5.74) is 0. The van der Waals surface area contributed by atoms with Gasteiger partial charge in [-0.3, -0.25) is 0 Å². The van der Waals surface area contributed by atoms with Crippen LogP contribution in [0.4, 0.5) is 0 Å². The van der Waals surface area contributed by atoms with Crippen molar-refractivity contribution < 1.29 is 5.11 Å². The van der Waals surface area contributed by atoms with Gasteiger partial charge in [0, 0.05) is 0 Å². The highest BCUT2D eigenvalue weighted by Crippen LogP contribution is 2.59. The van der Waals surface area contributed by atoms with Gasteiger partial charge in [0.05, 0.1) is 6.10 Å². The van der Waals surface area contributed by atoms with Crippen molar-refractivity contribution in [3.05, 3.63) is 0 Å². The van der Waals surface area contributed by atoms with Crippen molar-refractivity contribution in [1.29, 1.82) is 0 Å². The molecular weight excluding hydrogens is 124 g/mol. The van der Waals surface area contributed by atoms with Crippen LogP contribution in [0.15, 0.2) is 0 Å². The summed E-state index contributed by atoms with van der Waals surface area (Å²) < 4.78 is 0. The highest BCUT2D eigenvalue weighted by Gasteiger charge is 2.53. The lowest BCUT2D eigenvalue weighted by Gasteiger charge is -2.05. The van der Waals surface area contributed by atoms with Gasteiger partial charge in [-0.2, -0.15) is 0 Å². The largest absolute Gasteiger partial charge is 0.393 e. The normalized spacial score (nSPS) is 63.9. The summed E-state index contributed by atoms with van der Waals surface area (Å²) in [4.78, 5) is 0. The molecule has 1 heteroatoms. The van der Waals surface area contributed by atoms with Gasteiger partial charge in [-0.05, 0) is 49.4 Å². The van der Waals surface area contributed by atoms with Gasteiger partial charge in [-0.15, -0.1) is 0 Å². The Kier molecular flexibility index (Phi) is 0.883. The fraction of sp³-hybridized carbons (Fsp3) is 1.00. The van der Waals surface area contributed by atoms with Crippen LogP contribution in [0.1, 0.15) is 25.7 Å². The van der Waals surface area contributed by atoms with E-state index in [-0.39, 0.29) is 6.10 Å². The predicted molar refractivity (Wildman–Crippen MR) is 38.4 cm³/mol. The molecule has 3 rings (SSSR count). The zero-order valence-corrected chi connectivity index (χ0v) is 6.16. The summed E-state index contributed by atoms with van der Waals surface area (Å²) in [6, 6.07) is 0. The average Bonchev–Trinajstić information content (AvgIpc) is 2.66. The van der Waals surface area contributed by atoms with Crippen LogP contribution >= 0.6 is 0 Å². The van der Waals surface area contributed by atoms with Gasteiger partial charge in [0.15, 0.2) is 0 Å². The van der Waals surface area contributed by atoms with Crippen LogP contribution in [0.3, 0.4) is 0 Å². The molecule has 10 heavy (non-hydrogen) atoms. The fourth-order valence-corrected chi connectivity index (χ4v) is 2.77. The van der Waals surface area contributed by atoms with Gasteiger partial charge in [0.2, 0.25) is 0 Å². The maximum absolute atomic E-state index is 9.60. The molecule has 3 fully saturated rings. The van der Waals surface area contributed by atoms with E-state index in [0.29, 0.717) is 0 Å². The Hall–Kier alpha value is -0.0400. The third-order valence-corrected chi connectivity index (χ3v) is 3.69. The van der Waals surface area contributed by atoms with Crippen LogP contribution in [0.25, 0.3) is 0 Å². The Bertz CT molecular complexity index is 164. The van der Waals surface area contributed by atoms with E-state index >= 15 is 0 Å². The number of hydrogen-bond donors (Lipinski definition) is 1. The lowest BCUT2D eigenvalue weighted by Crippen LogP contribution is -2.09. The van der Waals surface area contributed by atoms with Crippen molar-refractivity contribution in [2.24, 2.45) is 23.7 Å². The molecule has 3 saturated carbocycles. The third kappa shape index (κ3) is 0.672. The maximum atomic E-state index is 9.60. The first-order valence-corrected chi connectivity index (χ1v) is 4.52. The van der Waals surface area contributed by atoms with Crippen molar-refractivity contribution >= 4 is 0 Å². The number of aliphatic hydroxyl groups excluding tert-OH is 1. The summed E-state index contributed by atoms with van der Waals surface area (Å²) in [6.45, 7) is 0. The van der Waals surface area contributed by atoms with Crippen LogP contribution in [-0.2, 0) is 0 Å². The minimum atomic E-state index is 0.0856. The Balaban J connectivity index is 1.79. The molecular formula is C9H14O. The molecule has 0 amide bonds. The molecule has 0 heterocycles. The quantitative estimate of drug-likeness (QED) is 0.536. The van der Waals surface area contributed by atoms with E-state index in [4.69, 9.17) is 0 Å². The molecule has 0 saturated heterocycles. The average molecular weight is 138 g/mol. The SMILES string of the molecule is O[C@@H]1C[C@@H]2C[C@@H]2C[C@@H]2C[C@@H]21.